The number of hydrogen-bond acceptors (Lipinski definition) is 4. The number of nitrogens with one attached hydrogen (secondary N) is 2. The Morgan fingerprint density at radius 1 is 1.21 bits per heavy atom. The van der Waals surface area contributed by atoms with Crippen LogP contribution in [0.1, 0.15) is 37.5 Å². The molecular weight excluding hydrogens is 474 g/mol. The van der Waals surface area contributed by atoms with Gasteiger partial charge in [0, 0.05) is 41.0 Å². The monoisotopic (exact) mass is 500 g/mol. The number of aromatic nitrogens is 1. The van der Waals surface area contributed by atoms with E-state index in [1.807, 2.05) is 6.92 Å². The minimum atomic E-state index is -0.969. The zero-order chi connectivity index (χ0) is 25.2. The Kier molecular flexibility index (Phi) is 7.64. The molecule has 0 spiro atoms. The Labute approximate surface area is 209 Å². The van der Waals surface area contributed by atoms with Crippen molar-refractivity contribution in [2.75, 3.05) is 23.8 Å². The van der Waals surface area contributed by atoms with Gasteiger partial charge in [0.2, 0.25) is 5.91 Å². The van der Waals surface area contributed by atoms with Crippen LogP contribution in [-0.2, 0) is 10.2 Å². The second-order valence-electron chi connectivity index (χ2n) is 8.56. The molecule has 3 aromatic rings. The van der Waals surface area contributed by atoms with Gasteiger partial charge in [-0.2, -0.15) is 0 Å². The fourth-order valence-electron chi connectivity index (χ4n) is 3.98. The topological polar surface area (TPSA) is 69.1 Å². The molecule has 0 atom stereocenters. The molecule has 2 N–H and O–H groups in total. The lowest BCUT2D eigenvalue weighted by molar-refractivity contribution is -0.122. The lowest BCUT2D eigenvalue weighted by Crippen LogP contribution is -2.42. The second kappa shape index (κ2) is 10.1. The van der Waals surface area contributed by atoms with Crippen LogP contribution in [0.15, 0.2) is 42.6 Å². The maximum atomic E-state index is 13.9. The van der Waals surface area contributed by atoms with Crippen molar-refractivity contribution in [2.24, 2.45) is 0 Å². The molecule has 1 amide bonds. The van der Waals surface area contributed by atoms with Crippen LogP contribution < -0.4 is 10.2 Å². The molecule has 1 heterocycles. The number of hydrogen-bond donors (Lipinski definition) is 2. The molecule has 0 radical (unpaired) electrons. The van der Waals surface area contributed by atoms with Crippen LogP contribution in [0.25, 0.3) is 11.1 Å². The molecule has 0 saturated carbocycles. The average Bonchev–Trinajstić information content (AvgIpc) is 2.77. The summed E-state index contributed by atoms with van der Waals surface area (Å²) >= 11 is 12.4. The summed E-state index contributed by atoms with van der Waals surface area (Å²) in [6, 6.07) is 9.52. The van der Waals surface area contributed by atoms with Gasteiger partial charge in [0.1, 0.15) is 11.6 Å². The van der Waals surface area contributed by atoms with Gasteiger partial charge in [-0.3, -0.25) is 4.79 Å². The molecule has 3 rings (SSSR count). The maximum absolute atomic E-state index is 13.9. The first-order chi connectivity index (χ1) is 16.0. The highest BCUT2D eigenvalue weighted by atomic mass is 35.5. The molecule has 5 nitrogen and oxygen atoms in total. The smallest absolute Gasteiger partial charge is 0.236 e. The van der Waals surface area contributed by atoms with Gasteiger partial charge < -0.3 is 15.6 Å². The van der Waals surface area contributed by atoms with Gasteiger partial charge in [-0.15, -0.1) is 0 Å². The SMILES string of the molecule is CCNc1ncc(N(C)C(=O)C(C)(C)c2cc(Cl)cc(Cl)c2)c(-c2ccc(F)cc2C)c1C=N. The van der Waals surface area contributed by atoms with E-state index < -0.39 is 5.41 Å². The molecule has 0 bridgehead atoms. The number of likely N-dealkylation sites (N-methyl/N-ethyl adjacent to an activating group) is 1. The number of anilines is 2. The van der Waals surface area contributed by atoms with Crippen molar-refractivity contribution in [1.82, 2.24) is 4.98 Å². The Morgan fingerprint density at radius 3 is 2.41 bits per heavy atom. The third-order valence-electron chi connectivity index (χ3n) is 5.83. The van der Waals surface area contributed by atoms with E-state index in [2.05, 4.69) is 10.3 Å². The number of aryl methyl sites for hydroxylation is 1. The van der Waals surface area contributed by atoms with Crippen molar-refractivity contribution in [2.45, 2.75) is 33.1 Å². The van der Waals surface area contributed by atoms with Gasteiger partial charge in [0.25, 0.3) is 0 Å². The fourth-order valence-corrected chi connectivity index (χ4v) is 4.50. The highest BCUT2D eigenvalue weighted by molar-refractivity contribution is 6.34. The summed E-state index contributed by atoms with van der Waals surface area (Å²) in [5, 5.41) is 12.1. The van der Waals surface area contributed by atoms with E-state index in [4.69, 9.17) is 28.6 Å². The van der Waals surface area contributed by atoms with Gasteiger partial charge in [-0.25, -0.2) is 9.37 Å². The number of nitrogens with zero attached hydrogens (tertiary/aromatic N) is 2. The summed E-state index contributed by atoms with van der Waals surface area (Å²) in [5.74, 6) is -0.0638. The van der Waals surface area contributed by atoms with Crippen LogP contribution in [0.3, 0.4) is 0 Å². The van der Waals surface area contributed by atoms with Gasteiger partial charge >= 0.3 is 0 Å². The summed E-state index contributed by atoms with van der Waals surface area (Å²) in [5.41, 5.74) is 2.72. The Balaban J connectivity index is 2.21. The highest BCUT2D eigenvalue weighted by Gasteiger charge is 2.35. The maximum Gasteiger partial charge on any atom is 0.236 e. The largest absolute Gasteiger partial charge is 0.370 e. The Morgan fingerprint density at radius 2 is 1.85 bits per heavy atom. The third kappa shape index (κ3) is 4.93. The number of amides is 1. The molecule has 0 saturated heterocycles. The number of rotatable bonds is 7. The van der Waals surface area contributed by atoms with Gasteiger partial charge in [-0.1, -0.05) is 29.3 Å². The van der Waals surface area contributed by atoms with E-state index in [0.717, 1.165) is 0 Å². The number of halogens is 3. The molecule has 34 heavy (non-hydrogen) atoms. The zero-order valence-corrected chi connectivity index (χ0v) is 21.3. The van der Waals surface area contributed by atoms with Gasteiger partial charge in [0.05, 0.1) is 17.3 Å². The van der Waals surface area contributed by atoms with E-state index in [1.165, 1.54) is 23.2 Å². The summed E-state index contributed by atoms with van der Waals surface area (Å²) < 4.78 is 13.9. The summed E-state index contributed by atoms with van der Waals surface area (Å²) in [6.07, 6.45) is 2.80. The minimum absolute atomic E-state index is 0.222. The van der Waals surface area contributed by atoms with Crippen molar-refractivity contribution in [3.8, 4) is 11.1 Å². The molecule has 0 unspecified atom stereocenters. The second-order valence-corrected chi connectivity index (χ2v) is 9.43. The number of benzene rings is 2. The number of pyridine rings is 1. The van der Waals surface area contributed by atoms with E-state index >= 15 is 0 Å². The van der Waals surface area contributed by atoms with E-state index in [-0.39, 0.29) is 11.7 Å². The van der Waals surface area contributed by atoms with Gasteiger partial charge in [0.15, 0.2) is 0 Å². The van der Waals surface area contributed by atoms with E-state index in [0.29, 0.717) is 55.9 Å². The standard InChI is InChI=1S/C26H27Cl2FN4O/c1-6-31-24-21(13-30)23(20-8-7-19(29)9-15(20)2)22(14-32-24)33(5)25(34)26(3,4)16-10-17(27)12-18(28)11-16/h7-14,30H,6H2,1-5H3,(H,31,32). The van der Waals surface area contributed by atoms with Crippen LogP contribution in [-0.4, -0.2) is 30.7 Å². The first-order valence-electron chi connectivity index (χ1n) is 10.8. The lowest BCUT2D eigenvalue weighted by atomic mass is 9.83. The van der Waals surface area contributed by atoms with Crippen LogP contribution >= 0.6 is 23.2 Å². The van der Waals surface area contributed by atoms with Crippen molar-refractivity contribution >= 4 is 46.8 Å². The quantitative estimate of drug-likeness (QED) is 0.347. The first-order valence-corrected chi connectivity index (χ1v) is 11.6. The summed E-state index contributed by atoms with van der Waals surface area (Å²) in [7, 11) is 1.66. The zero-order valence-electron chi connectivity index (χ0n) is 19.8. The van der Waals surface area contributed by atoms with Crippen LogP contribution in [0.5, 0.6) is 0 Å². The predicted octanol–water partition coefficient (Wildman–Crippen LogP) is 6.87. The van der Waals surface area contributed by atoms with Crippen molar-refractivity contribution in [1.29, 1.82) is 5.41 Å². The molecule has 0 aliphatic carbocycles. The molecule has 0 aliphatic heterocycles. The number of carbonyl (C=O) groups is 1. The highest BCUT2D eigenvalue weighted by Crippen LogP contribution is 2.39. The summed E-state index contributed by atoms with van der Waals surface area (Å²) in [4.78, 5) is 19.8. The molecule has 178 valence electrons. The van der Waals surface area contributed by atoms with Crippen molar-refractivity contribution < 1.29 is 9.18 Å². The van der Waals surface area contributed by atoms with Crippen molar-refractivity contribution in [3.05, 3.63) is 75.1 Å². The van der Waals surface area contributed by atoms with Crippen molar-refractivity contribution in [3.63, 3.8) is 0 Å². The lowest BCUT2D eigenvalue weighted by Gasteiger charge is -2.32. The Hall–Kier alpha value is -2.96. The molecule has 1 aromatic heterocycles. The third-order valence-corrected chi connectivity index (χ3v) is 6.26. The predicted molar refractivity (Wildman–Crippen MR) is 139 cm³/mol. The minimum Gasteiger partial charge on any atom is -0.370 e. The van der Waals surface area contributed by atoms with Crippen LogP contribution in [0.2, 0.25) is 10.0 Å². The van der Waals surface area contributed by atoms with E-state index in [9.17, 15) is 9.18 Å². The molecular formula is C26H27Cl2FN4O. The Bertz CT molecular complexity index is 1240. The molecule has 8 heteroatoms. The average molecular weight is 501 g/mol. The molecule has 0 fully saturated rings. The fraction of sp³-hybridized carbons (Fsp3) is 0.269. The van der Waals surface area contributed by atoms with Crippen LogP contribution in [0.4, 0.5) is 15.9 Å². The van der Waals surface area contributed by atoms with E-state index in [1.54, 1.807) is 58.3 Å². The van der Waals surface area contributed by atoms with Gasteiger partial charge in [-0.05, 0) is 74.7 Å². The van der Waals surface area contributed by atoms with Crippen LogP contribution in [0, 0.1) is 18.2 Å². The molecule has 0 aliphatic rings. The number of carbonyl (C=O) groups excluding carboxylic acids is 1. The summed E-state index contributed by atoms with van der Waals surface area (Å²) in [6.45, 7) is 7.93. The normalized spacial score (nSPS) is 11.3. The molecule has 2 aromatic carbocycles. The first kappa shape index (κ1) is 25.7.